The Bertz CT molecular complexity index is 4050. The van der Waals surface area contributed by atoms with E-state index in [9.17, 15) is 0 Å². The maximum absolute atomic E-state index is 2.76. The highest BCUT2D eigenvalue weighted by Crippen LogP contribution is 2.56. The number of nitrogens with zero attached hydrogens (tertiary/aromatic N) is 2. The highest BCUT2D eigenvalue weighted by Gasteiger charge is 2.48. The van der Waals surface area contributed by atoms with Crippen LogP contribution in [0.5, 0.6) is 0 Å². The molecule has 0 unspecified atom stereocenters. The minimum Gasteiger partial charge on any atom is -0.376 e. The molecule has 2 nitrogen and oxygen atoms in total. The first-order chi connectivity index (χ1) is 33.3. The van der Waals surface area contributed by atoms with Crippen LogP contribution in [0.1, 0.15) is 128 Å². The fraction of sp³-hybridized carbons (Fsp3) is 0.273. The molecule has 5 aliphatic rings. The molecule has 10 aromatic rings. The molecule has 70 heavy (non-hydrogen) atoms. The fourth-order valence-corrected chi connectivity index (χ4v) is 15.7. The summed E-state index contributed by atoms with van der Waals surface area (Å²) in [5.74, 6) is 0. The Morgan fingerprint density at radius 3 is 1.74 bits per heavy atom. The summed E-state index contributed by atoms with van der Waals surface area (Å²) < 4.78 is 5.48. The Balaban J connectivity index is 1.09. The van der Waals surface area contributed by atoms with Gasteiger partial charge >= 0.3 is 6.85 Å². The van der Waals surface area contributed by atoms with E-state index in [0.717, 1.165) is 0 Å². The number of thiophene rings is 1. The van der Waals surface area contributed by atoms with Crippen molar-refractivity contribution in [1.29, 1.82) is 0 Å². The topological polar surface area (TPSA) is 8.17 Å². The van der Waals surface area contributed by atoms with Crippen LogP contribution in [0.2, 0.25) is 0 Å². The highest BCUT2D eigenvalue weighted by atomic mass is 32.1. The molecule has 0 spiro atoms. The van der Waals surface area contributed by atoms with Crippen molar-refractivity contribution < 1.29 is 0 Å². The molecule has 0 saturated heterocycles. The van der Waals surface area contributed by atoms with Crippen molar-refractivity contribution in [1.82, 2.24) is 4.57 Å². The Kier molecular flexibility index (Phi) is 7.66. The molecule has 2 aromatic heterocycles. The van der Waals surface area contributed by atoms with Gasteiger partial charge in [0, 0.05) is 64.4 Å². The van der Waals surface area contributed by atoms with E-state index in [1.54, 1.807) is 0 Å². The van der Waals surface area contributed by atoms with Gasteiger partial charge in [0.05, 0.1) is 11.0 Å². The van der Waals surface area contributed by atoms with Gasteiger partial charge in [0.15, 0.2) is 0 Å². The van der Waals surface area contributed by atoms with Crippen molar-refractivity contribution in [3.8, 4) is 39.1 Å². The summed E-state index contributed by atoms with van der Waals surface area (Å²) in [7, 11) is 0. The standard InChI is InChI=1S/C66H59BN2S/c1-62(2,3)36-20-22-37(23-21-36)69-56-31-47-46-29-52-53(64(6,7)27-26-63(52,4)5)35-59(46)70-58(47)32-45(56)40-24-25-41-44-28-42-38-16-12-14-18-48(38)66(10,11)51(42)34-55(44)68-57-30-43-39-17-13-15-19-49(39)65(8,9)50(43)33-54(57)67(69)60(40)61(41)68/h12-25,28-35H,26-27H2,1-11H3. The van der Waals surface area contributed by atoms with Crippen molar-refractivity contribution in [2.24, 2.45) is 0 Å². The van der Waals surface area contributed by atoms with Crippen LogP contribution in [0.3, 0.4) is 0 Å². The van der Waals surface area contributed by atoms with E-state index in [0.29, 0.717) is 0 Å². The van der Waals surface area contributed by atoms with Gasteiger partial charge in [0.1, 0.15) is 0 Å². The van der Waals surface area contributed by atoms with E-state index in [1.807, 2.05) is 11.3 Å². The predicted octanol–water partition coefficient (Wildman–Crippen LogP) is 16.6. The van der Waals surface area contributed by atoms with Crippen molar-refractivity contribution in [3.63, 3.8) is 0 Å². The number of rotatable bonds is 1. The first kappa shape index (κ1) is 41.4. The smallest absolute Gasteiger partial charge is 0.333 e. The van der Waals surface area contributed by atoms with Crippen LogP contribution in [0.15, 0.2) is 133 Å². The van der Waals surface area contributed by atoms with E-state index >= 15 is 0 Å². The quantitative estimate of drug-likeness (QED) is 0.149. The summed E-state index contributed by atoms with van der Waals surface area (Å²) in [6, 6.07) is 53.6. The summed E-state index contributed by atoms with van der Waals surface area (Å²) in [5, 5.41) is 5.43. The Morgan fingerprint density at radius 2 is 1.07 bits per heavy atom. The third-order valence-electron chi connectivity index (χ3n) is 18.6. The summed E-state index contributed by atoms with van der Waals surface area (Å²) in [6.07, 6.45) is 2.42. The van der Waals surface area contributed by atoms with Crippen LogP contribution in [0.4, 0.5) is 11.4 Å². The molecule has 0 N–H and O–H groups in total. The zero-order valence-corrected chi connectivity index (χ0v) is 43.3. The van der Waals surface area contributed by atoms with Crippen molar-refractivity contribution in [3.05, 3.63) is 172 Å². The minimum atomic E-state index is -0.152. The zero-order valence-electron chi connectivity index (χ0n) is 42.5. The average Bonchev–Trinajstić information content (AvgIpc) is 4.00. The van der Waals surface area contributed by atoms with Gasteiger partial charge in [-0.3, -0.25) is 0 Å². The normalized spacial score (nSPS) is 17.9. The average molecular weight is 923 g/mol. The molecular weight excluding hydrogens is 864 g/mol. The van der Waals surface area contributed by atoms with E-state index < -0.39 is 0 Å². The molecule has 0 saturated carbocycles. The summed E-state index contributed by atoms with van der Waals surface area (Å²) in [5.41, 5.74) is 27.5. The molecular formula is C66H59BN2S. The molecule has 4 heterocycles. The number of anilines is 2. The van der Waals surface area contributed by atoms with E-state index in [4.69, 9.17) is 0 Å². The van der Waals surface area contributed by atoms with Gasteiger partial charge in [-0.1, -0.05) is 155 Å². The molecule has 3 aliphatic carbocycles. The van der Waals surface area contributed by atoms with Crippen LogP contribution >= 0.6 is 11.3 Å². The Hall–Kier alpha value is -6.36. The van der Waals surface area contributed by atoms with Gasteiger partial charge in [0.2, 0.25) is 0 Å². The van der Waals surface area contributed by atoms with Gasteiger partial charge in [0.25, 0.3) is 0 Å². The van der Waals surface area contributed by atoms with E-state index in [1.165, 1.54) is 155 Å². The first-order valence-corrected chi connectivity index (χ1v) is 26.6. The monoisotopic (exact) mass is 922 g/mol. The largest absolute Gasteiger partial charge is 0.376 e. The van der Waals surface area contributed by atoms with Crippen molar-refractivity contribution in [2.45, 2.75) is 116 Å². The molecule has 0 fully saturated rings. The van der Waals surface area contributed by atoms with Gasteiger partial charge in [-0.2, -0.15) is 0 Å². The number of hydrogen-bond acceptors (Lipinski definition) is 2. The zero-order chi connectivity index (χ0) is 47.9. The molecule has 0 atom stereocenters. The van der Waals surface area contributed by atoms with Gasteiger partial charge in [-0.25, -0.2) is 0 Å². The molecule has 342 valence electrons. The van der Waals surface area contributed by atoms with E-state index in [-0.39, 0.29) is 33.9 Å². The third kappa shape index (κ3) is 5.06. The lowest BCUT2D eigenvalue weighted by Gasteiger charge is -2.42. The molecule has 0 radical (unpaired) electrons. The lowest BCUT2D eigenvalue weighted by molar-refractivity contribution is 0.332. The van der Waals surface area contributed by atoms with Crippen LogP contribution in [0.25, 0.3) is 81.0 Å². The lowest BCUT2D eigenvalue weighted by Crippen LogP contribution is -2.60. The number of aromatic nitrogens is 1. The maximum atomic E-state index is 2.76. The Morgan fingerprint density at radius 1 is 0.471 bits per heavy atom. The van der Waals surface area contributed by atoms with Crippen LogP contribution < -0.4 is 15.7 Å². The molecule has 15 rings (SSSR count). The van der Waals surface area contributed by atoms with Crippen LogP contribution in [-0.4, -0.2) is 11.4 Å². The Labute approximate surface area is 417 Å². The number of hydrogen-bond donors (Lipinski definition) is 0. The third-order valence-corrected chi connectivity index (χ3v) is 19.7. The van der Waals surface area contributed by atoms with Gasteiger partial charge in [-0.05, 0) is 161 Å². The molecule has 4 heteroatoms. The highest BCUT2D eigenvalue weighted by molar-refractivity contribution is 7.25. The van der Waals surface area contributed by atoms with Crippen LogP contribution in [0, 0.1) is 0 Å². The summed E-state index contributed by atoms with van der Waals surface area (Å²) >= 11 is 1.99. The molecule has 0 bridgehead atoms. The SMILES string of the molecule is CC(C)(C)c1ccc(N2B3c4cc5c(cc4-n4c6cc7c(cc6c6ccc(c3c64)-c3cc4sc6cc8c(cc6c4cc32)C(C)(C)CCC8(C)C)-c2ccccc2C7(C)C)-c2ccccc2C5(C)C)cc1. The minimum absolute atomic E-state index is 0.0369. The molecule has 8 aromatic carbocycles. The number of fused-ring (bicyclic) bond motifs is 18. The second-order valence-corrected chi connectivity index (χ2v) is 26.3. The second kappa shape index (κ2) is 12.9. The lowest BCUT2D eigenvalue weighted by atomic mass is 9.43. The van der Waals surface area contributed by atoms with Gasteiger partial charge < -0.3 is 9.38 Å². The predicted molar refractivity (Wildman–Crippen MR) is 302 cm³/mol. The molecule has 0 amide bonds. The second-order valence-electron chi connectivity index (χ2n) is 25.2. The maximum Gasteiger partial charge on any atom is 0.333 e. The molecule has 2 aliphatic heterocycles. The van der Waals surface area contributed by atoms with Crippen molar-refractivity contribution >= 4 is 82.5 Å². The number of benzene rings is 8. The summed E-state index contributed by atoms with van der Waals surface area (Å²) in [4.78, 5) is 2.76. The first-order valence-electron chi connectivity index (χ1n) is 25.8. The van der Waals surface area contributed by atoms with Crippen LogP contribution in [-0.2, 0) is 27.1 Å². The van der Waals surface area contributed by atoms with E-state index in [2.05, 4.69) is 219 Å². The summed E-state index contributed by atoms with van der Waals surface area (Å²) in [6.45, 7) is 26.5. The fourth-order valence-electron chi connectivity index (χ4n) is 14.5. The van der Waals surface area contributed by atoms with Gasteiger partial charge in [-0.15, -0.1) is 11.3 Å². The van der Waals surface area contributed by atoms with Crippen molar-refractivity contribution in [2.75, 3.05) is 4.81 Å².